The van der Waals surface area contributed by atoms with Crippen molar-refractivity contribution in [2.75, 3.05) is 40.9 Å². The highest BCUT2D eigenvalue weighted by Crippen LogP contribution is 2.43. The number of aliphatic hydroxyl groups excluding tert-OH is 1. The number of quaternary nitrogens is 1. The first-order valence-corrected chi connectivity index (χ1v) is 36.0. The van der Waals surface area contributed by atoms with E-state index >= 15 is 0 Å². The highest BCUT2D eigenvalue weighted by atomic mass is 31.2. The molecule has 3 N–H and O–H groups in total. The number of phosphoric ester groups is 1. The minimum atomic E-state index is -4.32. The number of unbranched alkanes of at least 4 members (excludes halogenated alkanes) is 50. The summed E-state index contributed by atoms with van der Waals surface area (Å²) in [5.74, 6) is -0.135. The van der Waals surface area contributed by atoms with Gasteiger partial charge in [0, 0.05) is 6.42 Å². The smallest absolute Gasteiger partial charge is 0.391 e. The summed E-state index contributed by atoms with van der Waals surface area (Å²) in [6.45, 7) is 4.95. The minimum Gasteiger partial charge on any atom is -0.391 e. The van der Waals surface area contributed by atoms with E-state index in [1.807, 2.05) is 21.1 Å². The molecule has 0 aliphatic rings. The average molecular weight is 1110 g/mol. The van der Waals surface area contributed by atoms with Crippen LogP contribution in [-0.4, -0.2) is 73.4 Å². The Morgan fingerprint density at radius 1 is 0.429 bits per heavy atom. The predicted molar refractivity (Wildman–Crippen MR) is 337 cm³/mol. The van der Waals surface area contributed by atoms with E-state index in [-0.39, 0.29) is 19.1 Å². The van der Waals surface area contributed by atoms with Gasteiger partial charge in [0.05, 0.1) is 39.9 Å². The van der Waals surface area contributed by atoms with E-state index in [0.29, 0.717) is 23.9 Å². The quantitative estimate of drug-likeness (QED) is 0.0243. The summed E-state index contributed by atoms with van der Waals surface area (Å²) in [4.78, 5) is 23.4. The SMILES string of the molecule is CCCCCCCCCC/C=C\CCCCCCCCCCCCCCCCCCCCCCCCCCCC(=O)NC(COP(=O)(O)OCC[N+](C)(C)C)C(O)CCCCCCCCCCCCCCCCCCCC. The number of phosphoric acid groups is 1. The molecule has 0 aromatic carbocycles. The molecule has 0 aromatic heterocycles. The molecule has 0 saturated heterocycles. The number of hydrogen-bond acceptors (Lipinski definition) is 5. The molecule has 460 valence electrons. The summed E-state index contributed by atoms with van der Waals surface area (Å²) < 4.78 is 23.9. The molecule has 3 unspecified atom stereocenters. The third-order valence-electron chi connectivity index (χ3n) is 16.3. The van der Waals surface area contributed by atoms with Crippen LogP contribution >= 0.6 is 7.82 Å². The van der Waals surface area contributed by atoms with Crippen LogP contribution in [0.1, 0.15) is 367 Å². The molecule has 3 atom stereocenters. The first-order valence-electron chi connectivity index (χ1n) is 34.6. The minimum absolute atomic E-state index is 0.0786. The Morgan fingerprint density at radius 3 is 1.00 bits per heavy atom. The van der Waals surface area contributed by atoms with E-state index in [0.717, 1.165) is 38.5 Å². The normalized spacial score (nSPS) is 13.7. The second-order valence-corrected chi connectivity index (χ2v) is 26.7. The average Bonchev–Trinajstić information content (AvgIpc) is 3.39. The van der Waals surface area contributed by atoms with Crippen LogP contribution in [0, 0.1) is 0 Å². The van der Waals surface area contributed by atoms with Crippen LogP contribution in [0.4, 0.5) is 0 Å². The Hall–Kier alpha value is -0.760. The van der Waals surface area contributed by atoms with Gasteiger partial charge < -0.3 is 19.8 Å². The topological polar surface area (TPSA) is 105 Å². The molecule has 0 fully saturated rings. The number of allylic oxidation sites excluding steroid dienone is 2. The van der Waals surface area contributed by atoms with Crippen LogP contribution in [0.15, 0.2) is 12.2 Å². The number of rotatable bonds is 65. The molecule has 0 radical (unpaired) electrons. The van der Waals surface area contributed by atoms with Gasteiger partial charge in [0.15, 0.2) is 0 Å². The van der Waals surface area contributed by atoms with E-state index < -0.39 is 20.0 Å². The van der Waals surface area contributed by atoms with Crippen LogP contribution in [0.2, 0.25) is 0 Å². The van der Waals surface area contributed by atoms with Crippen LogP contribution in [0.25, 0.3) is 0 Å². The number of carbonyl (C=O) groups is 1. The number of nitrogens with zero attached hydrogens (tertiary/aromatic N) is 1. The highest BCUT2D eigenvalue weighted by Gasteiger charge is 2.28. The lowest BCUT2D eigenvalue weighted by atomic mass is 10.0. The molecule has 0 aliphatic heterocycles. The fourth-order valence-corrected chi connectivity index (χ4v) is 11.6. The van der Waals surface area contributed by atoms with Crippen molar-refractivity contribution >= 4 is 13.7 Å². The molecule has 0 saturated carbocycles. The van der Waals surface area contributed by atoms with Crippen LogP contribution < -0.4 is 5.32 Å². The Bertz CT molecular complexity index is 1260. The van der Waals surface area contributed by atoms with E-state index in [9.17, 15) is 19.4 Å². The number of likely N-dealkylation sites (N-methyl/N-ethyl adjacent to an activating group) is 1. The van der Waals surface area contributed by atoms with Gasteiger partial charge in [-0.05, 0) is 38.5 Å². The number of amides is 1. The van der Waals surface area contributed by atoms with Crippen molar-refractivity contribution in [3.63, 3.8) is 0 Å². The van der Waals surface area contributed by atoms with E-state index in [1.54, 1.807) is 0 Å². The van der Waals surface area contributed by atoms with Gasteiger partial charge in [-0.15, -0.1) is 0 Å². The second kappa shape index (κ2) is 59.8. The summed E-state index contributed by atoms with van der Waals surface area (Å²) in [5, 5.41) is 14.1. The zero-order valence-corrected chi connectivity index (χ0v) is 53.6. The zero-order valence-electron chi connectivity index (χ0n) is 52.7. The second-order valence-electron chi connectivity index (χ2n) is 25.3. The molecule has 0 spiro atoms. The maximum Gasteiger partial charge on any atom is 0.472 e. The van der Waals surface area contributed by atoms with Gasteiger partial charge in [0.1, 0.15) is 13.2 Å². The van der Waals surface area contributed by atoms with Crippen molar-refractivity contribution in [3.05, 3.63) is 12.2 Å². The van der Waals surface area contributed by atoms with Crippen molar-refractivity contribution in [1.29, 1.82) is 0 Å². The summed E-state index contributed by atoms with van der Waals surface area (Å²) in [7, 11) is 1.64. The molecule has 77 heavy (non-hydrogen) atoms. The molecule has 0 aliphatic carbocycles. The van der Waals surface area contributed by atoms with Gasteiger partial charge in [0.25, 0.3) is 0 Å². The summed E-state index contributed by atoms with van der Waals surface area (Å²) in [6, 6.07) is -0.757. The van der Waals surface area contributed by atoms with E-state index in [4.69, 9.17) is 9.05 Å². The first kappa shape index (κ1) is 76.2. The Labute approximate surface area is 482 Å². The van der Waals surface area contributed by atoms with Gasteiger partial charge in [-0.3, -0.25) is 13.8 Å². The standard InChI is InChI=1S/C68H137N2O6P/c1-6-8-10-12-14-16-18-20-22-24-26-27-28-29-30-31-32-33-34-35-36-37-38-39-40-41-42-43-44-46-48-50-52-54-56-58-60-62-68(72)69-66(65-76-77(73,74)75-64-63-70(3,4)5)67(71)61-59-57-55-53-51-49-47-45-25-23-21-19-17-15-13-11-9-7-2/h24,26,66-67,71H,6-23,25,27-65H2,1-5H3,(H-,69,72,73,74)/p+1/b26-24-. The predicted octanol–water partition coefficient (Wildman–Crippen LogP) is 21.7. The van der Waals surface area contributed by atoms with E-state index in [2.05, 4.69) is 31.3 Å². The summed E-state index contributed by atoms with van der Waals surface area (Å²) >= 11 is 0. The molecule has 8 nitrogen and oxygen atoms in total. The summed E-state index contributed by atoms with van der Waals surface area (Å²) in [6.07, 6.45) is 76.1. The van der Waals surface area contributed by atoms with Gasteiger partial charge in [-0.1, -0.05) is 334 Å². The Kier molecular flexibility index (Phi) is 59.3. The number of hydrogen-bond donors (Lipinski definition) is 3. The van der Waals surface area contributed by atoms with Crippen LogP contribution in [-0.2, 0) is 18.4 Å². The van der Waals surface area contributed by atoms with Crippen molar-refractivity contribution < 1.29 is 32.9 Å². The maximum absolute atomic E-state index is 13.0. The lowest BCUT2D eigenvalue weighted by Gasteiger charge is -2.26. The van der Waals surface area contributed by atoms with E-state index in [1.165, 1.54) is 302 Å². The first-order chi connectivity index (χ1) is 37.5. The monoisotopic (exact) mass is 1110 g/mol. The summed E-state index contributed by atoms with van der Waals surface area (Å²) in [5.41, 5.74) is 0. The van der Waals surface area contributed by atoms with Gasteiger partial charge >= 0.3 is 7.82 Å². The molecule has 0 bridgehead atoms. The zero-order chi connectivity index (χ0) is 56.3. The third kappa shape index (κ3) is 62.7. The van der Waals surface area contributed by atoms with Crippen molar-refractivity contribution in [3.8, 4) is 0 Å². The number of aliphatic hydroxyl groups is 1. The lowest BCUT2D eigenvalue weighted by molar-refractivity contribution is -0.870. The third-order valence-corrected chi connectivity index (χ3v) is 17.2. The highest BCUT2D eigenvalue weighted by molar-refractivity contribution is 7.47. The Morgan fingerprint density at radius 2 is 0.701 bits per heavy atom. The molecule has 9 heteroatoms. The lowest BCUT2D eigenvalue weighted by Crippen LogP contribution is -2.46. The fraction of sp³-hybridized carbons (Fsp3) is 0.956. The van der Waals surface area contributed by atoms with Crippen molar-refractivity contribution in [2.24, 2.45) is 0 Å². The van der Waals surface area contributed by atoms with Gasteiger partial charge in [0.2, 0.25) is 5.91 Å². The van der Waals surface area contributed by atoms with Crippen molar-refractivity contribution in [1.82, 2.24) is 5.32 Å². The number of nitrogens with one attached hydrogen (secondary N) is 1. The number of carbonyl (C=O) groups excluding carboxylic acids is 1. The Balaban J connectivity index is 3.89. The molecular weight excluding hydrogens is 972 g/mol. The van der Waals surface area contributed by atoms with Gasteiger partial charge in [-0.25, -0.2) is 4.57 Å². The molecular formula is C68H138N2O6P+. The van der Waals surface area contributed by atoms with Crippen molar-refractivity contribution in [2.45, 2.75) is 379 Å². The van der Waals surface area contributed by atoms with Gasteiger partial charge in [-0.2, -0.15) is 0 Å². The van der Waals surface area contributed by atoms with Crippen LogP contribution in [0.3, 0.4) is 0 Å². The molecule has 0 rings (SSSR count). The van der Waals surface area contributed by atoms with Crippen LogP contribution in [0.5, 0.6) is 0 Å². The molecule has 0 heterocycles. The largest absolute Gasteiger partial charge is 0.472 e. The molecule has 1 amide bonds. The fourth-order valence-electron chi connectivity index (χ4n) is 10.9. The molecule has 0 aromatic rings. The maximum atomic E-state index is 13.0.